The number of aryl methyl sites for hydroxylation is 1. The average molecular weight is 460 g/mol. The van der Waals surface area contributed by atoms with Gasteiger partial charge in [-0.3, -0.25) is 9.36 Å². The number of fused-ring (bicyclic) bond motifs is 1. The van der Waals surface area contributed by atoms with E-state index in [1.54, 1.807) is 25.5 Å². The molecule has 2 N–H and O–H groups in total. The fourth-order valence-electron chi connectivity index (χ4n) is 3.24. The topological polar surface area (TPSA) is 88.9 Å². The highest BCUT2D eigenvalue weighted by Gasteiger charge is 2.27. The first-order valence-corrected chi connectivity index (χ1v) is 10.6. The van der Waals surface area contributed by atoms with Crippen LogP contribution in [0.5, 0.6) is 0 Å². The Morgan fingerprint density at radius 1 is 1.09 bits per heavy atom. The van der Waals surface area contributed by atoms with Crippen LogP contribution in [0.2, 0.25) is 0 Å². The van der Waals surface area contributed by atoms with E-state index in [2.05, 4.69) is 20.6 Å². The monoisotopic (exact) mass is 459 g/mol. The molecule has 3 rings (SSSR count). The first kappa shape index (κ1) is 26.1. The number of carbonyl (C=O) groups excluding carboxylic acids is 2. The first-order chi connectivity index (χ1) is 15.6. The lowest BCUT2D eigenvalue weighted by Gasteiger charge is -2.20. The number of nitrogens with zero attached hydrogens (tertiary/aromatic N) is 3. The van der Waals surface area contributed by atoms with Crippen molar-refractivity contribution in [2.45, 2.75) is 51.5 Å². The van der Waals surface area contributed by atoms with Gasteiger partial charge in [0.25, 0.3) is 5.91 Å². The molecule has 0 atom stereocenters. The molecule has 7 nitrogen and oxygen atoms in total. The lowest BCUT2D eigenvalue weighted by Crippen LogP contribution is -2.40. The molecule has 33 heavy (non-hydrogen) atoms. The Bertz CT molecular complexity index is 1060. The van der Waals surface area contributed by atoms with Crippen LogP contribution >= 0.6 is 0 Å². The molecule has 0 aromatic carbocycles. The van der Waals surface area contributed by atoms with E-state index < -0.39 is 5.92 Å². The maximum atomic E-state index is 13.9. The fraction of sp³-hybridized carbons (Fsp3) is 0.417. The number of alkyl halides is 2. The van der Waals surface area contributed by atoms with Crippen LogP contribution in [0.25, 0.3) is 16.7 Å². The molecule has 0 spiro atoms. The number of aromatic nitrogens is 3. The molecule has 0 saturated heterocycles. The number of rotatable bonds is 8. The lowest BCUT2D eigenvalue weighted by atomic mass is 10.0. The summed E-state index contributed by atoms with van der Waals surface area (Å²) in [7, 11) is 1.67. The van der Waals surface area contributed by atoms with Gasteiger partial charge >= 0.3 is 0 Å². The highest BCUT2D eigenvalue weighted by atomic mass is 19.3. The molecule has 1 amide bonds. The summed E-state index contributed by atoms with van der Waals surface area (Å²) in [6.07, 6.45) is 5.01. The summed E-state index contributed by atoms with van der Waals surface area (Å²) < 4.78 is 29.7. The average Bonchev–Trinajstić information content (AvgIpc) is 3.20. The number of hydrogen-bond acceptors (Lipinski definition) is 5. The van der Waals surface area contributed by atoms with Crippen molar-refractivity contribution in [3.8, 4) is 5.69 Å². The minimum absolute atomic E-state index is 0.174. The van der Waals surface area contributed by atoms with Crippen LogP contribution in [0.1, 0.15) is 49.7 Å². The molecular weight excluding hydrogens is 428 g/mol. The zero-order valence-corrected chi connectivity index (χ0v) is 19.5. The summed E-state index contributed by atoms with van der Waals surface area (Å²) in [6, 6.07) is 7.27. The Kier molecular flexibility index (Phi) is 8.76. The molecule has 3 aromatic rings. The van der Waals surface area contributed by atoms with Gasteiger partial charge in [-0.25, -0.2) is 18.7 Å². The van der Waals surface area contributed by atoms with Crippen LogP contribution in [0, 0.1) is 0 Å². The molecule has 0 bridgehead atoms. The van der Waals surface area contributed by atoms with Gasteiger partial charge < -0.3 is 15.4 Å². The minimum atomic E-state index is -2.70. The van der Waals surface area contributed by atoms with Crippen molar-refractivity contribution in [3.63, 3.8) is 0 Å². The number of nitrogens with one attached hydrogen (secondary N) is 2. The largest absolute Gasteiger partial charge is 0.346 e. The van der Waals surface area contributed by atoms with Crippen molar-refractivity contribution in [1.82, 2.24) is 25.2 Å². The molecule has 9 heteroatoms. The Morgan fingerprint density at radius 2 is 1.82 bits per heavy atom. The number of halogens is 2. The second-order valence-electron chi connectivity index (χ2n) is 8.76. The quantitative estimate of drug-likeness (QED) is 0.533. The summed E-state index contributed by atoms with van der Waals surface area (Å²) >= 11 is 0. The van der Waals surface area contributed by atoms with Crippen LogP contribution in [-0.4, -0.2) is 52.3 Å². The van der Waals surface area contributed by atoms with Gasteiger partial charge in [0.2, 0.25) is 5.92 Å². The molecule has 0 aliphatic rings. The standard InChI is InChI=1S/C23H29F2N5O.CH2O/c1-22(2,3)29-21(31)19-6-5-18(15-27-19)30-12-8-17-13-16(14-28-20(17)30)7-9-23(24,25)10-11-26-4;1-2/h5-6,8,12-15,26H,7,9-11H2,1-4H3,(H,29,31);1H2. The van der Waals surface area contributed by atoms with Gasteiger partial charge in [-0.1, -0.05) is 0 Å². The first-order valence-electron chi connectivity index (χ1n) is 10.6. The van der Waals surface area contributed by atoms with Gasteiger partial charge in [-0.05, 0) is 64.1 Å². The predicted molar refractivity (Wildman–Crippen MR) is 125 cm³/mol. The normalized spacial score (nSPS) is 11.7. The van der Waals surface area contributed by atoms with Crippen molar-refractivity contribution < 1.29 is 18.4 Å². The van der Waals surface area contributed by atoms with Gasteiger partial charge in [0, 0.05) is 42.7 Å². The zero-order chi connectivity index (χ0) is 24.6. The van der Waals surface area contributed by atoms with Gasteiger partial charge in [0.05, 0.1) is 11.9 Å². The van der Waals surface area contributed by atoms with E-state index >= 15 is 0 Å². The molecule has 3 heterocycles. The van der Waals surface area contributed by atoms with Crippen molar-refractivity contribution >= 4 is 23.7 Å². The minimum Gasteiger partial charge on any atom is -0.346 e. The van der Waals surface area contributed by atoms with E-state index in [9.17, 15) is 13.6 Å². The van der Waals surface area contributed by atoms with E-state index in [0.717, 1.165) is 16.6 Å². The maximum Gasteiger partial charge on any atom is 0.270 e. The number of carbonyl (C=O) groups is 2. The Labute approximate surface area is 192 Å². The highest BCUT2D eigenvalue weighted by molar-refractivity contribution is 5.92. The van der Waals surface area contributed by atoms with Crippen LogP contribution in [0.4, 0.5) is 8.78 Å². The predicted octanol–water partition coefficient (Wildman–Crippen LogP) is 3.94. The molecule has 0 unspecified atom stereocenters. The van der Waals surface area contributed by atoms with E-state index in [4.69, 9.17) is 4.79 Å². The summed E-state index contributed by atoms with van der Waals surface area (Å²) in [4.78, 5) is 29.0. The second-order valence-corrected chi connectivity index (χ2v) is 8.76. The smallest absolute Gasteiger partial charge is 0.270 e. The van der Waals surface area contributed by atoms with Crippen molar-refractivity contribution in [2.24, 2.45) is 0 Å². The maximum absolute atomic E-state index is 13.9. The van der Waals surface area contributed by atoms with Gasteiger partial charge in [0.15, 0.2) is 0 Å². The van der Waals surface area contributed by atoms with Gasteiger partial charge in [0.1, 0.15) is 18.1 Å². The molecule has 0 saturated carbocycles. The highest BCUT2D eigenvalue weighted by Crippen LogP contribution is 2.26. The third kappa shape index (κ3) is 7.42. The van der Waals surface area contributed by atoms with Gasteiger partial charge in [-0.2, -0.15) is 0 Å². The molecule has 0 aliphatic carbocycles. The Balaban J connectivity index is 0.00000187. The van der Waals surface area contributed by atoms with Crippen molar-refractivity contribution in [3.05, 3.63) is 54.1 Å². The Morgan fingerprint density at radius 3 is 2.42 bits per heavy atom. The number of amides is 1. The second kappa shape index (κ2) is 11.1. The summed E-state index contributed by atoms with van der Waals surface area (Å²) in [5.74, 6) is -2.93. The molecule has 0 aliphatic heterocycles. The van der Waals surface area contributed by atoms with E-state index in [1.807, 2.05) is 56.5 Å². The molecule has 3 aromatic heterocycles. The van der Waals surface area contributed by atoms with Crippen molar-refractivity contribution in [2.75, 3.05) is 13.6 Å². The molecular formula is C24H31F2N5O2. The van der Waals surface area contributed by atoms with Crippen LogP contribution in [0.3, 0.4) is 0 Å². The van der Waals surface area contributed by atoms with E-state index in [1.165, 1.54) is 0 Å². The molecule has 0 radical (unpaired) electrons. The summed E-state index contributed by atoms with van der Waals surface area (Å²) in [6.45, 7) is 8.02. The third-order valence-electron chi connectivity index (χ3n) is 4.85. The zero-order valence-electron chi connectivity index (χ0n) is 19.5. The SMILES string of the molecule is C=O.CNCCC(F)(F)CCc1cnc2c(ccn2-c2ccc(C(=O)NC(C)(C)C)nc2)c1. The fourth-order valence-corrected chi connectivity index (χ4v) is 3.24. The molecule has 0 fully saturated rings. The van der Waals surface area contributed by atoms with Crippen LogP contribution in [-0.2, 0) is 11.2 Å². The number of pyridine rings is 2. The Hall–Kier alpha value is -3.20. The summed E-state index contributed by atoms with van der Waals surface area (Å²) in [5.41, 5.74) is 2.25. The third-order valence-corrected chi connectivity index (χ3v) is 4.85. The van der Waals surface area contributed by atoms with E-state index in [0.29, 0.717) is 11.3 Å². The lowest BCUT2D eigenvalue weighted by molar-refractivity contribution is -0.0980. The van der Waals surface area contributed by atoms with E-state index in [-0.39, 0.29) is 37.3 Å². The number of hydrogen-bond donors (Lipinski definition) is 2. The van der Waals surface area contributed by atoms with Crippen molar-refractivity contribution in [1.29, 1.82) is 0 Å². The van der Waals surface area contributed by atoms with Crippen LogP contribution in [0.15, 0.2) is 42.9 Å². The summed E-state index contributed by atoms with van der Waals surface area (Å²) in [5, 5.41) is 6.51. The molecule has 178 valence electrons. The van der Waals surface area contributed by atoms with Gasteiger partial charge in [-0.15, -0.1) is 0 Å². The van der Waals surface area contributed by atoms with Crippen LogP contribution < -0.4 is 10.6 Å².